The largest absolute Gasteiger partial charge is 0.497 e. The van der Waals surface area contributed by atoms with Gasteiger partial charge in [0.05, 0.1) is 25.5 Å². The lowest BCUT2D eigenvalue weighted by atomic mass is 9.87. The Labute approximate surface area is 199 Å². The second-order valence-electron chi connectivity index (χ2n) is 9.05. The fourth-order valence-electron chi connectivity index (χ4n) is 3.93. The number of hydrogen-bond donors (Lipinski definition) is 1. The number of para-hydroxylation sites is 1. The lowest BCUT2D eigenvalue weighted by Crippen LogP contribution is -2.32. The van der Waals surface area contributed by atoms with Gasteiger partial charge < -0.3 is 14.8 Å². The predicted molar refractivity (Wildman–Crippen MR) is 134 cm³/mol. The number of benzene rings is 3. The van der Waals surface area contributed by atoms with Gasteiger partial charge in [-0.1, -0.05) is 57.2 Å². The third-order valence-electron chi connectivity index (χ3n) is 5.79. The molecule has 0 radical (unpaired) electrons. The average molecular weight is 457 g/mol. The van der Waals surface area contributed by atoms with Crippen LogP contribution in [0.15, 0.2) is 78.5 Å². The van der Waals surface area contributed by atoms with Gasteiger partial charge in [0.25, 0.3) is 11.8 Å². The Kier molecular flexibility index (Phi) is 6.16. The van der Waals surface area contributed by atoms with Crippen LogP contribution < -0.4 is 19.7 Å². The van der Waals surface area contributed by atoms with Gasteiger partial charge in [-0.25, -0.2) is 4.90 Å². The molecule has 0 saturated carbocycles. The maximum absolute atomic E-state index is 13.7. The van der Waals surface area contributed by atoms with Gasteiger partial charge in [0.1, 0.15) is 17.2 Å². The fraction of sp³-hybridized carbons (Fsp3) is 0.214. The quantitative estimate of drug-likeness (QED) is 0.503. The first-order valence-electron chi connectivity index (χ1n) is 11.0. The van der Waals surface area contributed by atoms with Crippen LogP contribution in [0.5, 0.6) is 11.5 Å². The number of carbonyl (C=O) groups excluding carboxylic acids is 2. The standard InChI is InChI=1S/C28H28N2O4/c1-28(2,3)18-13-15-19(16-14-18)29-25-24(22-11-6-7-12-23(22)34-5)26(31)30(27(25)32)20-9-8-10-21(17-20)33-4/h6-17,29H,1-5H3. The molecule has 1 heterocycles. The topological polar surface area (TPSA) is 67.9 Å². The number of hydrogen-bond acceptors (Lipinski definition) is 5. The molecular weight excluding hydrogens is 428 g/mol. The lowest BCUT2D eigenvalue weighted by molar-refractivity contribution is -0.120. The van der Waals surface area contributed by atoms with Crippen molar-refractivity contribution in [2.24, 2.45) is 0 Å². The number of carbonyl (C=O) groups is 2. The summed E-state index contributed by atoms with van der Waals surface area (Å²) in [5.41, 5.74) is 3.31. The number of amides is 2. The summed E-state index contributed by atoms with van der Waals surface area (Å²) in [4.78, 5) is 28.5. The van der Waals surface area contributed by atoms with Gasteiger partial charge in [0.2, 0.25) is 0 Å². The molecule has 0 saturated heterocycles. The Morgan fingerprint density at radius 1 is 0.794 bits per heavy atom. The van der Waals surface area contributed by atoms with E-state index in [0.717, 1.165) is 4.90 Å². The Balaban J connectivity index is 1.81. The van der Waals surface area contributed by atoms with Gasteiger partial charge in [0.15, 0.2) is 0 Å². The number of nitrogens with zero attached hydrogens (tertiary/aromatic N) is 1. The number of rotatable bonds is 6. The molecule has 1 N–H and O–H groups in total. The summed E-state index contributed by atoms with van der Waals surface area (Å²) in [5.74, 6) is 0.181. The molecule has 0 aliphatic carbocycles. The van der Waals surface area contributed by atoms with Crippen molar-refractivity contribution in [1.29, 1.82) is 0 Å². The summed E-state index contributed by atoms with van der Waals surface area (Å²) in [6.07, 6.45) is 0. The normalized spacial score (nSPS) is 14.0. The van der Waals surface area contributed by atoms with Crippen LogP contribution in [0.3, 0.4) is 0 Å². The molecule has 0 unspecified atom stereocenters. The highest BCUT2D eigenvalue weighted by molar-refractivity contribution is 6.46. The van der Waals surface area contributed by atoms with Crippen molar-refractivity contribution in [3.05, 3.63) is 89.6 Å². The van der Waals surface area contributed by atoms with Crippen LogP contribution in [0, 0.1) is 0 Å². The van der Waals surface area contributed by atoms with Crippen molar-refractivity contribution >= 4 is 28.8 Å². The first-order valence-corrected chi connectivity index (χ1v) is 11.0. The third kappa shape index (κ3) is 4.27. The highest BCUT2D eigenvalue weighted by Gasteiger charge is 2.41. The Hall–Kier alpha value is -4.06. The molecule has 0 bridgehead atoms. The number of nitrogens with one attached hydrogen (secondary N) is 1. The molecule has 3 aromatic carbocycles. The van der Waals surface area contributed by atoms with E-state index < -0.39 is 11.8 Å². The monoisotopic (exact) mass is 456 g/mol. The van der Waals surface area contributed by atoms with E-state index in [2.05, 4.69) is 26.1 Å². The minimum absolute atomic E-state index is 0.00265. The van der Waals surface area contributed by atoms with E-state index in [4.69, 9.17) is 9.47 Å². The molecule has 1 aliphatic rings. The van der Waals surface area contributed by atoms with E-state index in [9.17, 15) is 9.59 Å². The van der Waals surface area contributed by atoms with Crippen LogP contribution in [-0.2, 0) is 15.0 Å². The zero-order valence-electron chi connectivity index (χ0n) is 20.0. The SMILES string of the molecule is COc1cccc(N2C(=O)C(Nc3ccc(C(C)(C)C)cc3)=C(c3ccccc3OC)C2=O)c1. The molecule has 0 spiro atoms. The number of imide groups is 1. The van der Waals surface area contributed by atoms with E-state index in [1.54, 1.807) is 50.6 Å². The van der Waals surface area contributed by atoms with Crippen LogP contribution in [0.4, 0.5) is 11.4 Å². The first kappa shape index (κ1) is 23.1. The maximum Gasteiger partial charge on any atom is 0.282 e. The average Bonchev–Trinajstić information content (AvgIpc) is 3.07. The van der Waals surface area contributed by atoms with Gasteiger partial charge in [-0.05, 0) is 41.3 Å². The van der Waals surface area contributed by atoms with Gasteiger partial charge >= 0.3 is 0 Å². The second kappa shape index (κ2) is 9.06. The molecule has 0 atom stereocenters. The van der Waals surface area contributed by atoms with E-state index in [0.29, 0.717) is 28.4 Å². The Morgan fingerprint density at radius 2 is 1.50 bits per heavy atom. The fourth-order valence-corrected chi connectivity index (χ4v) is 3.93. The summed E-state index contributed by atoms with van der Waals surface area (Å²) in [6, 6.07) is 21.9. The van der Waals surface area contributed by atoms with Crippen molar-refractivity contribution in [2.75, 3.05) is 24.4 Å². The molecule has 174 valence electrons. The second-order valence-corrected chi connectivity index (χ2v) is 9.05. The third-order valence-corrected chi connectivity index (χ3v) is 5.79. The zero-order valence-corrected chi connectivity index (χ0v) is 20.0. The summed E-state index contributed by atoms with van der Waals surface area (Å²) in [6.45, 7) is 6.43. The molecule has 0 fully saturated rings. The molecule has 2 amide bonds. The van der Waals surface area contributed by atoms with E-state index >= 15 is 0 Å². The molecule has 1 aliphatic heterocycles. The summed E-state index contributed by atoms with van der Waals surface area (Å²) < 4.78 is 10.8. The van der Waals surface area contributed by atoms with Gasteiger partial charge in [0, 0.05) is 17.3 Å². The van der Waals surface area contributed by atoms with Crippen LogP contribution in [0.2, 0.25) is 0 Å². The smallest absolute Gasteiger partial charge is 0.282 e. The van der Waals surface area contributed by atoms with Crippen molar-refractivity contribution in [2.45, 2.75) is 26.2 Å². The first-order chi connectivity index (χ1) is 16.2. The van der Waals surface area contributed by atoms with Gasteiger partial charge in [-0.15, -0.1) is 0 Å². The zero-order chi connectivity index (χ0) is 24.5. The molecule has 6 heteroatoms. The number of methoxy groups -OCH3 is 2. The van der Waals surface area contributed by atoms with Crippen molar-refractivity contribution in [3.8, 4) is 11.5 Å². The number of anilines is 2. The molecular formula is C28H28N2O4. The van der Waals surface area contributed by atoms with Crippen LogP contribution in [0.25, 0.3) is 5.57 Å². The van der Waals surface area contributed by atoms with E-state index in [-0.39, 0.29) is 16.7 Å². The molecule has 3 aromatic rings. The highest BCUT2D eigenvalue weighted by atomic mass is 16.5. The van der Waals surface area contributed by atoms with Crippen molar-refractivity contribution in [1.82, 2.24) is 0 Å². The van der Waals surface area contributed by atoms with E-state index in [1.807, 2.05) is 36.4 Å². The number of ether oxygens (including phenoxy) is 2. The minimum Gasteiger partial charge on any atom is -0.497 e. The summed E-state index contributed by atoms with van der Waals surface area (Å²) >= 11 is 0. The van der Waals surface area contributed by atoms with Crippen molar-refractivity contribution in [3.63, 3.8) is 0 Å². The van der Waals surface area contributed by atoms with Crippen molar-refractivity contribution < 1.29 is 19.1 Å². The minimum atomic E-state index is -0.445. The summed E-state index contributed by atoms with van der Waals surface area (Å²) in [5, 5.41) is 3.21. The molecule has 6 nitrogen and oxygen atoms in total. The molecule has 34 heavy (non-hydrogen) atoms. The van der Waals surface area contributed by atoms with Crippen LogP contribution >= 0.6 is 0 Å². The Bertz CT molecular complexity index is 1270. The Morgan fingerprint density at radius 3 is 2.15 bits per heavy atom. The van der Waals surface area contributed by atoms with Crippen LogP contribution in [0.1, 0.15) is 31.9 Å². The summed E-state index contributed by atoms with van der Waals surface area (Å²) in [7, 11) is 3.08. The lowest BCUT2D eigenvalue weighted by Gasteiger charge is -2.19. The van der Waals surface area contributed by atoms with E-state index in [1.165, 1.54) is 5.56 Å². The van der Waals surface area contributed by atoms with Gasteiger partial charge in [-0.3, -0.25) is 9.59 Å². The van der Waals surface area contributed by atoms with Crippen LogP contribution in [-0.4, -0.2) is 26.0 Å². The maximum atomic E-state index is 13.7. The molecule has 0 aromatic heterocycles. The molecule has 4 rings (SSSR count). The predicted octanol–water partition coefficient (Wildman–Crippen LogP) is 5.40. The van der Waals surface area contributed by atoms with Gasteiger partial charge in [-0.2, -0.15) is 0 Å². The highest BCUT2D eigenvalue weighted by Crippen LogP contribution is 2.38.